The number of allylic oxidation sites excluding steroid dienone is 4. The third kappa shape index (κ3) is 15.8. The van der Waals surface area contributed by atoms with Crippen LogP contribution < -0.4 is 0 Å². The van der Waals surface area contributed by atoms with Crippen LogP contribution >= 0.6 is 0 Å². The van der Waals surface area contributed by atoms with E-state index in [1.807, 2.05) is 0 Å². The molecule has 3 heteroatoms. The first kappa shape index (κ1) is 28.4. The van der Waals surface area contributed by atoms with Crippen LogP contribution in [0.15, 0.2) is 23.8 Å². The topological polar surface area (TPSA) is 27.7 Å². The molecule has 0 bridgehead atoms. The van der Waals surface area contributed by atoms with Gasteiger partial charge in [-0.2, -0.15) is 0 Å². The Balaban J connectivity index is 4.45. The van der Waals surface area contributed by atoms with Crippen LogP contribution in [-0.2, 0) is 14.2 Å². The van der Waals surface area contributed by atoms with Gasteiger partial charge >= 0.3 is 0 Å². The molecule has 0 aromatic carbocycles. The van der Waals surface area contributed by atoms with Crippen LogP contribution in [0.4, 0.5) is 0 Å². The second-order valence-electron chi connectivity index (χ2n) is 7.92. The Kier molecular flexibility index (Phi) is 20.2. The van der Waals surface area contributed by atoms with Crippen LogP contribution in [0.3, 0.4) is 0 Å². The molecule has 0 aromatic heterocycles. The first-order valence-electron chi connectivity index (χ1n) is 12.4. The predicted molar refractivity (Wildman–Crippen MR) is 126 cm³/mol. The minimum Gasteiger partial charge on any atom is -0.327 e. The molecule has 0 saturated heterocycles. The maximum absolute atomic E-state index is 6.20. The van der Waals surface area contributed by atoms with E-state index in [4.69, 9.17) is 14.2 Å². The first-order valence-corrected chi connectivity index (χ1v) is 12.4. The lowest BCUT2D eigenvalue weighted by Crippen LogP contribution is -2.40. The summed E-state index contributed by atoms with van der Waals surface area (Å²) in [6.07, 6.45) is 21.3. The molecule has 0 amide bonds. The average molecular weight is 411 g/mol. The van der Waals surface area contributed by atoms with Gasteiger partial charge in [0.25, 0.3) is 5.97 Å². The maximum Gasteiger partial charge on any atom is 0.282 e. The fraction of sp³-hybridized carbons (Fsp3) is 0.846. The SMILES string of the molecule is CC=CC(=CC)CCCCCCCC(OCCCC)(OCCCC)OCCCC. The molecule has 0 aliphatic carbocycles. The van der Waals surface area contributed by atoms with E-state index in [9.17, 15) is 0 Å². The monoisotopic (exact) mass is 410 g/mol. The van der Waals surface area contributed by atoms with Crippen LogP contribution in [0.1, 0.15) is 118 Å². The van der Waals surface area contributed by atoms with E-state index >= 15 is 0 Å². The average Bonchev–Trinajstić information content (AvgIpc) is 2.72. The van der Waals surface area contributed by atoms with E-state index < -0.39 is 5.97 Å². The van der Waals surface area contributed by atoms with Gasteiger partial charge in [0.1, 0.15) is 0 Å². The minimum atomic E-state index is -0.830. The summed E-state index contributed by atoms with van der Waals surface area (Å²) in [6.45, 7) is 12.9. The molecule has 0 radical (unpaired) electrons. The summed E-state index contributed by atoms with van der Waals surface area (Å²) >= 11 is 0. The van der Waals surface area contributed by atoms with Crippen LogP contribution in [0.2, 0.25) is 0 Å². The summed E-state index contributed by atoms with van der Waals surface area (Å²) in [6, 6.07) is 0. The highest BCUT2D eigenvalue weighted by molar-refractivity contribution is 5.16. The zero-order valence-electron chi connectivity index (χ0n) is 20.3. The third-order valence-corrected chi connectivity index (χ3v) is 5.16. The van der Waals surface area contributed by atoms with Crippen molar-refractivity contribution in [2.45, 2.75) is 124 Å². The minimum absolute atomic E-state index is 0.714. The molecule has 0 fully saturated rings. The van der Waals surface area contributed by atoms with Gasteiger partial charge in [0.05, 0.1) is 19.8 Å². The molecule has 0 atom stereocenters. The molecule has 0 heterocycles. The lowest BCUT2D eigenvalue weighted by atomic mass is 10.0. The van der Waals surface area contributed by atoms with Gasteiger partial charge in [-0.05, 0) is 52.4 Å². The highest BCUT2D eigenvalue weighted by Gasteiger charge is 2.32. The van der Waals surface area contributed by atoms with Crippen molar-refractivity contribution in [2.24, 2.45) is 0 Å². The second kappa shape index (κ2) is 20.6. The van der Waals surface area contributed by atoms with Crippen molar-refractivity contribution in [2.75, 3.05) is 19.8 Å². The molecule has 29 heavy (non-hydrogen) atoms. The van der Waals surface area contributed by atoms with Crippen LogP contribution in [0, 0.1) is 0 Å². The van der Waals surface area contributed by atoms with E-state index in [0.717, 1.165) is 51.4 Å². The predicted octanol–water partition coefficient (Wildman–Crippen LogP) is 8.34. The molecule has 0 spiro atoms. The highest BCUT2D eigenvalue weighted by atomic mass is 16.9. The van der Waals surface area contributed by atoms with Gasteiger partial charge in [0.15, 0.2) is 0 Å². The fourth-order valence-electron chi connectivity index (χ4n) is 3.20. The molecule has 0 aliphatic rings. The number of ether oxygens (including phenoxy) is 3. The zero-order valence-corrected chi connectivity index (χ0v) is 20.3. The Labute approximate surface area is 182 Å². The normalized spacial score (nSPS) is 12.9. The summed E-state index contributed by atoms with van der Waals surface area (Å²) in [5, 5.41) is 0. The number of hydrogen-bond acceptors (Lipinski definition) is 3. The zero-order chi connectivity index (χ0) is 21.6. The van der Waals surface area contributed by atoms with E-state index in [0.29, 0.717) is 19.8 Å². The molecule has 0 aliphatic heterocycles. The number of unbranched alkanes of at least 4 members (excludes halogenated alkanes) is 7. The summed E-state index contributed by atoms with van der Waals surface area (Å²) in [7, 11) is 0. The van der Waals surface area contributed by atoms with Crippen LogP contribution in [0.5, 0.6) is 0 Å². The van der Waals surface area contributed by atoms with E-state index in [-0.39, 0.29) is 0 Å². The highest BCUT2D eigenvalue weighted by Crippen LogP contribution is 2.26. The molecule has 0 N–H and O–H groups in total. The van der Waals surface area contributed by atoms with Crippen molar-refractivity contribution in [1.29, 1.82) is 0 Å². The Morgan fingerprint density at radius 3 is 1.59 bits per heavy atom. The molecular formula is C26H50O3. The molecule has 0 saturated carbocycles. The van der Waals surface area contributed by atoms with Gasteiger partial charge in [-0.15, -0.1) is 0 Å². The summed E-state index contributed by atoms with van der Waals surface area (Å²) in [5.41, 5.74) is 1.45. The van der Waals surface area contributed by atoms with Crippen molar-refractivity contribution in [1.82, 2.24) is 0 Å². The van der Waals surface area contributed by atoms with Crippen molar-refractivity contribution >= 4 is 0 Å². The van der Waals surface area contributed by atoms with E-state index in [2.05, 4.69) is 52.8 Å². The summed E-state index contributed by atoms with van der Waals surface area (Å²) in [4.78, 5) is 0. The molecule has 172 valence electrons. The Hall–Kier alpha value is -0.640. The third-order valence-electron chi connectivity index (χ3n) is 5.16. The van der Waals surface area contributed by atoms with Crippen LogP contribution in [-0.4, -0.2) is 25.8 Å². The Bertz CT molecular complexity index is 374. The summed E-state index contributed by atoms with van der Waals surface area (Å²) < 4.78 is 18.6. The largest absolute Gasteiger partial charge is 0.327 e. The van der Waals surface area contributed by atoms with Crippen molar-refractivity contribution in [3.8, 4) is 0 Å². The lowest BCUT2D eigenvalue weighted by Gasteiger charge is -2.33. The van der Waals surface area contributed by atoms with Crippen molar-refractivity contribution < 1.29 is 14.2 Å². The van der Waals surface area contributed by atoms with Crippen molar-refractivity contribution in [3.63, 3.8) is 0 Å². The smallest absolute Gasteiger partial charge is 0.282 e. The first-order chi connectivity index (χ1) is 14.2. The molecule has 0 rings (SSSR count). The quantitative estimate of drug-likeness (QED) is 0.108. The van der Waals surface area contributed by atoms with Gasteiger partial charge in [0.2, 0.25) is 0 Å². The van der Waals surface area contributed by atoms with Crippen molar-refractivity contribution in [3.05, 3.63) is 23.8 Å². The standard InChI is InChI=1S/C26H50O3/c1-6-11-22-27-26(28-23-12-7-2,29-24-13-8-3)21-18-16-14-15-17-20-25(10-5)19-9-4/h9-10,19H,6-8,11-18,20-24H2,1-5H3. The molecular weight excluding hydrogens is 360 g/mol. The maximum atomic E-state index is 6.20. The van der Waals surface area contributed by atoms with Gasteiger partial charge in [-0.25, -0.2) is 0 Å². The van der Waals surface area contributed by atoms with Gasteiger partial charge in [0, 0.05) is 6.42 Å². The molecule has 0 aromatic rings. The van der Waals surface area contributed by atoms with E-state index in [1.165, 1.54) is 37.7 Å². The second-order valence-corrected chi connectivity index (χ2v) is 7.92. The number of rotatable bonds is 21. The fourth-order valence-corrected chi connectivity index (χ4v) is 3.20. The summed E-state index contributed by atoms with van der Waals surface area (Å²) in [5.74, 6) is -0.830. The van der Waals surface area contributed by atoms with Gasteiger partial charge < -0.3 is 14.2 Å². The lowest BCUT2D eigenvalue weighted by molar-refractivity contribution is -0.384. The molecule has 0 unspecified atom stereocenters. The molecule has 3 nitrogen and oxygen atoms in total. The Morgan fingerprint density at radius 2 is 1.14 bits per heavy atom. The van der Waals surface area contributed by atoms with Crippen LogP contribution in [0.25, 0.3) is 0 Å². The van der Waals surface area contributed by atoms with E-state index in [1.54, 1.807) is 0 Å². The number of hydrogen-bond donors (Lipinski definition) is 0. The Morgan fingerprint density at radius 1 is 0.655 bits per heavy atom. The van der Waals surface area contributed by atoms with Gasteiger partial charge in [-0.3, -0.25) is 0 Å². The van der Waals surface area contributed by atoms with Gasteiger partial charge in [-0.1, -0.05) is 83.1 Å².